The number of hydrogen-bond donors (Lipinski definition) is 1. The maximum atomic E-state index is 12.3. The fourth-order valence-corrected chi connectivity index (χ4v) is 2.71. The number of nitrogens with one attached hydrogen (secondary N) is 1. The third-order valence-corrected chi connectivity index (χ3v) is 3.81. The first-order chi connectivity index (χ1) is 9.09. The summed E-state index contributed by atoms with van der Waals surface area (Å²) >= 11 is 0. The highest BCUT2D eigenvalue weighted by Crippen LogP contribution is 2.29. The van der Waals surface area contributed by atoms with E-state index in [1.807, 2.05) is 0 Å². The van der Waals surface area contributed by atoms with Crippen molar-refractivity contribution in [2.45, 2.75) is 37.6 Å². The van der Waals surface area contributed by atoms with E-state index in [-0.39, 0.29) is 11.9 Å². The molecule has 1 fully saturated rings. The zero-order valence-corrected chi connectivity index (χ0v) is 11.4. The molecule has 1 aliphatic carbocycles. The molecule has 19 heavy (non-hydrogen) atoms. The van der Waals surface area contributed by atoms with E-state index in [0.29, 0.717) is 18.5 Å². The van der Waals surface area contributed by atoms with Gasteiger partial charge < -0.3 is 14.6 Å². The second kappa shape index (κ2) is 5.47. The minimum absolute atomic E-state index is 0.222. The van der Waals surface area contributed by atoms with E-state index in [1.165, 1.54) is 7.11 Å². The summed E-state index contributed by atoms with van der Waals surface area (Å²) in [4.78, 5) is 24.3. The van der Waals surface area contributed by atoms with Crippen molar-refractivity contribution in [3.05, 3.63) is 24.0 Å². The van der Waals surface area contributed by atoms with E-state index in [4.69, 9.17) is 4.74 Å². The lowest BCUT2D eigenvalue weighted by molar-refractivity contribution is -0.149. The molecule has 0 unspecified atom stereocenters. The fraction of sp³-hybridized carbons (Fsp3) is 0.571. The lowest BCUT2D eigenvalue weighted by Crippen LogP contribution is -2.56. The zero-order chi connectivity index (χ0) is 13.9. The smallest absolute Gasteiger partial charge is 0.331 e. The Morgan fingerprint density at radius 3 is 2.53 bits per heavy atom. The average Bonchev–Trinajstić information content (AvgIpc) is 2.85. The molecule has 2 rings (SSSR count). The van der Waals surface area contributed by atoms with Crippen LogP contribution in [0.15, 0.2) is 18.3 Å². The molecule has 104 valence electrons. The van der Waals surface area contributed by atoms with Crippen molar-refractivity contribution in [3.63, 3.8) is 0 Å². The Morgan fingerprint density at radius 2 is 2.00 bits per heavy atom. The number of esters is 1. The van der Waals surface area contributed by atoms with E-state index in [2.05, 4.69) is 5.32 Å². The van der Waals surface area contributed by atoms with Crippen LogP contribution in [0.1, 0.15) is 42.6 Å². The molecule has 0 aliphatic heterocycles. The number of carbonyl (C=O) groups excluding carboxylic acids is 2. The van der Waals surface area contributed by atoms with Crippen molar-refractivity contribution in [3.8, 4) is 0 Å². The Balaban J connectivity index is 2.19. The van der Waals surface area contributed by atoms with Crippen LogP contribution in [0.25, 0.3) is 0 Å². The van der Waals surface area contributed by atoms with Crippen LogP contribution in [0, 0.1) is 0 Å². The van der Waals surface area contributed by atoms with Crippen LogP contribution >= 0.6 is 0 Å². The van der Waals surface area contributed by atoms with Gasteiger partial charge in [-0.3, -0.25) is 4.79 Å². The molecule has 1 aromatic rings. The van der Waals surface area contributed by atoms with Crippen molar-refractivity contribution in [1.82, 2.24) is 9.88 Å². The van der Waals surface area contributed by atoms with Crippen LogP contribution in [-0.2, 0) is 16.6 Å². The predicted octanol–water partition coefficient (Wildman–Crippen LogP) is 1.63. The van der Waals surface area contributed by atoms with Gasteiger partial charge in [0.05, 0.1) is 7.11 Å². The fourth-order valence-electron chi connectivity index (χ4n) is 2.71. The lowest BCUT2D eigenvalue weighted by atomic mass is 9.81. The minimum Gasteiger partial charge on any atom is -0.467 e. The van der Waals surface area contributed by atoms with Gasteiger partial charge in [0.25, 0.3) is 5.91 Å². The molecule has 0 bridgehead atoms. The highest BCUT2D eigenvalue weighted by Gasteiger charge is 2.42. The molecule has 1 N–H and O–H groups in total. The summed E-state index contributed by atoms with van der Waals surface area (Å²) in [6.07, 6.45) is 6.07. The van der Waals surface area contributed by atoms with Gasteiger partial charge in [0.15, 0.2) is 0 Å². The summed E-state index contributed by atoms with van der Waals surface area (Å²) in [5, 5.41) is 2.89. The second-order valence-corrected chi connectivity index (χ2v) is 5.09. The zero-order valence-electron chi connectivity index (χ0n) is 11.4. The summed E-state index contributed by atoms with van der Waals surface area (Å²) in [5.74, 6) is -0.561. The third-order valence-electron chi connectivity index (χ3n) is 3.81. The Morgan fingerprint density at radius 1 is 1.32 bits per heavy atom. The molecule has 1 aliphatic rings. The highest BCUT2D eigenvalue weighted by atomic mass is 16.5. The van der Waals surface area contributed by atoms with Crippen molar-refractivity contribution < 1.29 is 14.3 Å². The average molecular weight is 264 g/mol. The van der Waals surface area contributed by atoms with E-state index < -0.39 is 5.54 Å². The monoisotopic (exact) mass is 264 g/mol. The van der Waals surface area contributed by atoms with Gasteiger partial charge in [-0.15, -0.1) is 0 Å². The van der Waals surface area contributed by atoms with Crippen LogP contribution in [-0.4, -0.2) is 29.1 Å². The molecule has 1 amide bonds. The van der Waals surface area contributed by atoms with Crippen LogP contribution in [0.2, 0.25) is 0 Å². The van der Waals surface area contributed by atoms with Crippen molar-refractivity contribution in [1.29, 1.82) is 0 Å². The van der Waals surface area contributed by atoms with E-state index >= 15 is 0 Å². The summed E-state index contributed by atoms with van der Waals surface area (Å²) < 4.78 is 6.62. The second-order valence-electron chi connectivity index (χ2n) is 5.09. The molecule has 1 heterocycles. The highest BCUT2D eigenvalue weighted by molar-refractivity contribution is 5.97. The van der Waals surface area contributed by atoms with Gasteiger partial charge in [-0.05, 0) is 25.0 Å². The third kappa shape index (κ3) is 2.64. The molecule has 0 radical (unpaired) electrons. The molecule has 5 heteroatoms. The van der Waals surface area contributed by atoms with E-state index in [0.717, 1.165) is 19.3 Å². The lowest BCUT2D eigenvalue weighted by Gasteiger charge is -2.35. The van der Waals surface area contributed by atoms with Gasteiger partial charge in [-0.1, -0.05) is 19.3 Å². The van der Waals surface area contributed by atoms with Gasteiger partial charge in [0.2, 0.25) is 0 Å². The van der Waals surface area contributed by atoms with Crippen LogP contribution in [0.3, 0.4) is 0 Å². The minimum atomic E-state index is -0.853. The maximum Gasteiger partial charge on any atom is 0.331 e. The molecule has 0 saturated heterocycles. The van der Waals surface area contributed by atoms with Crippen molar-refractivity contribution >= 4 is 11.9 Å². The first kappa shape index (κ1) is 13.6. The number of aromatic nitrogens is 1. The van der Waals surface area contributed by atoms with E-state index in [1.54, 1.807) is 29.9 Å². The number of amides is 1. The number of nitrogens with zero attached hydrogens (tertiary/aromatic N) is 1. The van der Waals surface area contributed by atoms with Gasteiger partial charge in [0, 0.05) is 13.2 Å². The van der Waals surface area contributed by atoms with Gasteiger partial charge in [-0.2, -0.15) is 0 Å². The largest absolute Gasteiger partial charge is 0.467 e. The Kier molecular flexibility index (Phi) is 3.93. The normalized spacial score (nSPS) is 17.8. The molecular weight excluding hydrogens is 244 g/mol. The number of ether oxygens (including phenoxy) is 1. The SMILES string of the molecule is COC(=O)C1(NC(=O)c2cccn2C)CCCCC1. The predicted molar refractivity (Wildman–Crippen MR) is 70.7 cm³/mol. The topological polar surface area (TPSA) is 60.3 Å². The Bertz CT molecular complexity index is 473. The van der Waals surface area contributed by atoms with Crippen molar-refractivity contribution in [2.24, 2.45) is 7.05 Å². The van der Waals surface area contributed by atoms with Gasteiger partial charge in [0.1, 0.15) is 11.2 Å². The maximum absolute atomic E-state index is 12.3. The van der Waals surface area contributed by atoms with Crippen LogP contribution in [0.5, 0.6) is 0 Å². The standard InChI is InChI=1S/C14H20N2O3/c1-16-10-6-7-11(16)12(17)15-14(13(18)19-2)8-4-3-5-9-14/h6-7,10H,3-5,8-9H2,1-2H3,(H,15,17). The quantitative estimate of drug-likeness (QED) is 0.844. The molecular formula is C14H20N2O3. The van der Waals surface area contributed by atoms with Gasteiger partial charge in [-0.25, -0.2) is 4.79 Å². The summed E-state index contributed by atoms with van der Waals surface area (Å²) in [6.45, 7) is 0. The Labute approximate surface area is 112 Å². The number of carbonyl (C=O) groups is 2. The molecule has 5 nitrogen and oxygen atoms in total. The summed E-state index contributed by atoms with van der Waals surface area (Å²) in [6, 6.07) is 3.55. The summed E-state index contributed by atoms with van der Waals surface area (Å²) in [5.41, 5.74) is -0.303. The first-order valence-electron chi connectivity index (χ1n) is 6.61. The summed E-state index contributed by atoms with van der Waals surface area (Å²) in [7, 11) is 3.17. The molecule has 1 aromatic heterocycles. The van der Waals surface area contributed by atoms with Crippen molar-refractivity contribution in [2.75, 3.05) is 7.11 Å². The first-order valence-corrected chi connectivity index (χ1v) is 6.61. The molecule has 1 saturated carbocycles. The Hall–Kier alpha value is -1.78. The number of aryl methyl sites for hydroxylation is 1. The van der Waals surface area contributed by atoms with Crippen LogP contribution in [0.4, 0.5) is 0 Å². The van der Waals surface area contributed by atoms with E-state index in [9.17, 15) is 9.59 Å². The number of rotatable bonds is 3. The van der Waals surface area contributed by atoms with Gasteiger partial charge >= 0.3 is 5.97 Å². The molecule has 0 spiro atoms. The number of methoxy groups -OCH3 is 1. The molecule has 0 atom stereocenters. The molecule has 0 aromatic carbocycles. The number of hydrogen-bond acceptors (Lipinski definition) is 3. The van der Waals surface area contributed by atoms with Crippen LogP contribution < -0.4 is 5.32 Å².